The zero-order chi connectivity index (χ0) is 15.0. The van der Waals surface area contributed by atoms with Crippen molar-refractivity contribution < 1.29 is 19.4 Å². The van der Waals surface area contributed by atoms with Crippen LogP contribution in [0.25, 0.3) is 0 Å². The van der Waals surface area contributed by atoms with Gasteiger partial charge in [0, 0.05) is 6.20 Å². The lowest BCUT2D eigenvalue weighted by Gasteiger charge is -2.27. The van der Waals surface area contributed by atoms with Gasteiger partial charge in [0.1, 0.15) is 5.92 Å². The van der Waals surface area contributed by atoms with Crippen molar-refractivity contribution >= 4 is 11.9 Å². The van der Waals surface area contributed by atoms with Gasteiger partial charge in [0.05, 0.1) is 29.9 Å². The zero-order valence-corrected chi connectivity index (χ0v) is 11.5. The fourth-order valence-corrected chi connectivity index (χ4v) is 3.07. The van der Waals surface area contributed by atoms with E-state index in [4.69, 9.17) is 4.74 Å². The van der Waals surface area contributed by atoms with E-state index in [1.54, 1.807) is 37.4 Å². The van der Waals surface area contributed by atoms with Crippen LogP contribution in [0.5, 0.6) is 0 Å². The number of aromatic nitrogens is 1. The summed E-state index contributed by atoms with van der Waals surface area (Å²) in [5, 5.41) is 12.1. The molecule has 0 saturated carbocycles. The van der Waals surface area contributed by atoms with Crippen molar-refractivity contribution in [3.8, 4) is 0 Å². The quantitative estimate of drug-likeness (QED) is 0.798. The lowest BCUT2D eigenvalue weighted by atomic mass is 9.76. The molecule has 0 radical (unpaired) electrons. The van der Waals surface area contributed by atoms with Crippen LogP contribution in [-0.4, -0.2) is 33.7 Å². The largest absolute Gasteiger partial charge is 0.481 e. The number of carboxylic acid groups (broad SMARTS) is 1. The number of fused-ring (bicyclic) bond motifs is 2. The van der Waals surface area contributed by atoms with Crippen molar-refractivity contribution in [2.75, 3.05) is 0 Å². The van der Waals surface area contributed by atoms with Gasteiger partial charge < -0.3 is 15.2 Å². The van der Waals surface area contributed by atoms with E-state index in [1.807, 2.05) is 6.07 Å². The number of amides is 1. The molecule has 0 aliphatic carbocycles. The number of carbonyl (C=O) groups is 2. The number of hydrogen-bond acceptors (Lipinski definition) is 4. The van der Waals surface area contributed by atoms with Crippen molar-refractivity contribution in [3.63, 3.8) is 0 Å². The van der Waals surface area contributed by atoms with Gasteiger partial charge in [-0.1, -0.05) is 18.2 Å². The van der Waals surface area contributed by atoms with Gasteiger partial charge in [-0.2, -0.15) is 0 Å². The maximum absolute atomic E-state index is 12.4. The SMILES string of the molecule is C[C@@]12C=C[C@@H](O1)[C@H](C(=O)O)[C@@H]2C(=O)NCc1ccccn1. The molecule has 2 aliphatic heterocycles. The van der Waals surface area contributed by atoms with Gasteiger partial charge in [-0.3, -0.25) is 14.6 Å². The average molecular weight is 288 g/mol. The Kier molecular flexibility index (Phi) is 3.25. The molecular weight excluding hydrogens is 272 g/mol. The summed E-state index contributed by atoms with van der Waals surface area (Å²) >= 11 is 0. The molecule has 1 aromatic rings. The first kappa shape index (κ1) is 13.8. The Balaban J connectivity index is 1.74. The highest BCUT2D eigenvalue weighted by atomic mass is 16.5. The molecule has 1 aromatic heterocycles. The second-order valence-corrected chi connectivity index (χ2v) is 5.51. The molecule has 4 atom stereocenters. The van der Waals surface area contributed by atoms with Crippen molar-refractivity contribution in [2.24, 2.45) is 11.8 Å². The van der Waals surface area contributed by atoms with E-state index in [1.165, 1.54) is 0 Å². The molecule has 3 rings (SSSR count). The monoisotopic (exact) mass is 288 g/mol. The Hall–Kier alpha value is -2.21. The van der Waals surface area contributed by atoms with Gasteiger partial charge in [-0.25, -0.2) is 0 Å². The lowest BCUT2D eigenvalue weighted by Crippen LogP contribution is -2.46. The first-order valence-electron chi connectivity index (χ1n) is 6.79. The molecule has 2 aliphatic rings. The number of pyridine rings is 1. The fourth-order valence-electron chi connectivity index (χ4n) is 3.07. The van der Waals surface area contributed by atoms with E-state index in [-0.39, 0.29) is 12.5 Å². The average Bonchev–Trinajstić information content (AvgIpc) is 2.99. The molecule has 6 nitrogen and oxygen atoms in total. The molecule has 1 amide bonds. The third kappa shape index (κ3) is 2.31. The fraction of sp³-hybridized carbons (Fsp3) is 0.400. The predicted octanol–water partition coefficient (Wildman–Crippen LogP) is 0.742. The molecule has 6 heteroatoms. The molecule has 1 fully saturated rings. The first-order valence-corrected chi connectivity index (χ1v) is 6.79. The number of nitrogens with one attached hydrogen (secondary N) is 1. The summed E-state index contributed by atoms with van der Waals surface area (Å²) < 4.78 is 5.65. The molecule has 110 valence electrons. The van der Waals surface area contributed by atoms with Crippen LogP contribution < -0.4 is 5.32 Å². The van der Waals surface area contributed by atoms with Crippen LogP contribution in [0, 0.1) is 11.8 Å². The van der Waals surface area contributed by atoms with E-state index in [0.29, 0.717) is 0 Å². The summed E-state index contributed by atoms with van der Waals surface area (Å²) in [6.07, 6.45) is 4.62. The Labute approximate surface area is 121 Å². The van der Waals surface area contributed by atoms with Crippen LogP contribution in [0.4, 0.5) is 0 Å². The highest BCUT2D eigenvalue weighted by molar-refractivity contribution is 5.88. The zero-order valence-electron chi connectivity index (χ0n) is 11.5. The van der Waals surface area contributed by atoms with Crippen LogP contribution in [0.15, 0.2) is 36.5 Å². The molecular formula is C15H16N2O4. The van der Waals surface area contributed by atoms with E-state index in [9.17, 15) is 14.7 Å². The van der Waals surface area contributed by atoms with Crippen molar-refractivity contribution in [1.29, 1.82) is 0 Å². The van der Waals surface area contributed by atoms with Gasteiger partial charge in [0.25, 0.3) is 0 Å². The molecule has 2 bridgehead atoms. The number of carbonyl (C=O) groups excluding carboxylic acids is 1. The summed E-state index contributed by atoms with van der Waals surface area (Å²) in [5.41, 5.74) is -0.121. The van der Waals surface area contributed by atoms with E-state index in [0.717, 1.165) is 5.69 Å². The van der Waals surface area contributed by atoms with Crippen molar-refractivity contribution in [3.05, 3.63) is 42.2 Å². The number of aliphatic carboxylic acids is 1. The summed E-state index contributed by atoms with van der Waals surface area (Å²) in [5.74, 6) is -2.90. The highest BCUT2D eigenvalue weighted by Gasteiger charge is 2.59. The van der Waals surface area contributed by atoms with Crippen LogP contribution in [0.3, 0.4) is 0 Å². The molecule has 0 aromatic carbocycles. The third-order valence-electron chi connectivity index (χ3n) is 4.07. The Bertz CT molecular complexity index is 601. The number of rotatable bonds is 4. The van der Waals surface area contributed by atoms with Crippen LogP contribution >= 0.6 is 0 Å². The predicted molar refractivity (Wildman–Crippen MR) is 73.1 cm³/mol. The minimum Gasteiger partial charge on any atom is -0.481 e. The highest BCUT2D eigenvalue weighted by Crippen LogP contribution is 2.47. The molecule has 0 spiro atoms. The Morgan fingerprint density at radius 2 is 2.29 bits per heavy atom. The van der Waals surface area contributed by atoms with Crippen LogP contribution in [0.2, 0.25) is 0 Å². The smallest absolute Gasteiger partial charge is 0.310 e. The van der Waals surface area contributed by atoms with Gasteiger partial charge >= 0.3 is 5.97 Å². The summed E-state index contributed by atoms with van der Waals surface area (Å²) in [4.78, 5) is 27.9. The van der Waals surface area contributed by atoms with Crippen LogP contribution in [-0.2, 0) is 20.9 Å². The second kappa shape index (κ2) is 4.96. The standard InChI is InChI=1S/C15H16N2O4/c1-15-6-5-10(21-15)11(14(19)20)12(15)13(18)17-8-9-4-2-3-7-16-9/h2-7,10-12H,8H2,1H3,(H,17,18)(H,19,20)/t10-,11+,12-,15+/m1/s1. The second-order valence-electron chi connectivity index (χ2n) is 5.51. The van der Waals surface area contributed by atoms with Gasteiger partial charge in [0.15, 0.2) is 0 Å². The molecule has 2 N–H and O–H groups in total. The van der Waals surface area contributed by atoms with E-state index < -0.39 is 29.5 Å². The lowest BCUT2D eigenvalue weighted by molar-refractivity contribution is -0.147. The summed E-state index contributed by atoms with van der Waals surface area (Å²) in [6.45, 7) is 2.02. The normalized spacial score (nSPS) is 33.1. The van der Waals surface area contributed by atoms with Gasteiger partial charge in [0.2, 0.25) is 5.91 Å². The van der Waals surface area contributed by atoms with Gasteiger partial charge in [-0.15, -0.1) is 0 Å². The number of carboxylic acids is 1. The Morgan fingerprint density at radius 3 is 2.95 bits per heavy atom. The number of ether oxygens (including phenoxy) is 1. The Morgan fingerprint density at radius 1 is 1.48 bits per heavy atom. The molecule has 21 heavy (non-hydrogen) atoms. The van der Waals surface area contributed by atoms with Crippen LogP contribution in [0.1, 0.15) is 12.6 Å². The third-order valence-corrected chi connectivity index (χ3v) is 4.07. The molecule has 1 saturated heterocycles. The summed E-state index contributed by atoms with van der Waals surface area (Å²) in [7, 11) is 0. The molecule has 0 unspecified atom stereocenters. The van der Waals surface area contributed by atoms with Gasteiger partial charge in [-0.05, 0) is 19.1 Å². The minimum atomic E-state index is -1.01. The topological polar surface area (TPSA) is 88.5 Å². The molecule has 3 heterocycles. The summed E-state index contributed by atoms with van der Waals surface area (Å²) in [6, 6.07) is 5.43. The van der Waals surface area contributed by atoms with Crippen molar-refractivity contribution in [1.82, 2.24) is 10.3 Å². The number of nitrogens with zero attached hydrogens (tertiary/aromatic N) is 1. The first-order chi connectivity index (χ1) is 10.0. The van der Waals surface area contributed by atoms with E-state index in [2.05, 4.69) is 10.3 Å². The maximum Gasteiger partial charge on any atom is 0.310 e. The van der Waals surface area contributed by atoms with Crippen molar-refractivity contribution in [2.45, 2.75) is 25.2 Å². The maximum atomic E-state index is 12.4. The van der Waals surface area contributed by atoms with E-state index >= 15 is 0 Å². The number of hydrogen-bond donors (Lipinski definition) is 2. The minimum absolute atomic E-state index is 0.271.